The van der Waals surface area contributed by atoms with Crippen molar-refractivity contribution in [1.29, 1.82) is 5.26 Å². The van der Waals surface area contributed by atoms with E-state index in [0.717, 1.165) is 32.7 Å². The summed E-state index contributed by atoms with van der Waals surface area (Å²) in [6.45, 7) is 0.574. The van der Waals surface area contributed by atoms with Crippen molar-refractivity contribution >= 4 is 95.8 Å². The highest BCUT2D eigenvalue weighted by molar-refractivity contribution is 8.76. The number of anilines is 1. The van der Waals surface area contributed by atoms with Gasteiger partial charge in [-0.15, -0.1) is 0 Å². The van der Waals surface area contributed by atoms with Gasteiger partial charge in [-0.2, -0.15) is 5.26 Å². The normalized spacial score (nSPS) is 16.8. The van der Waals surface area contributed by atoms with E-state index >= 15 is 0 Å². The van der Waals surface area contributed by atoms with Gasteiger partial charge in [0.25, 0.3) is 21.9 Å². The number of ether oxygens (including phenoxy) is 3. The molecular weight excluding hydrogens is 1260 g/mol. The van der Waals surface area contributed by atoms with Gasteiger partial charge in [-0.3, -0.25) is 43.5 Å². The number of aryl methyl sites for hydroxylation is 1. The van der Waals surface area contributed by atoms with E-state index in [1.165, 1.54) is 47.2 Å². The molecule has 4 atom stereocenters. The number of aliphatic carboxylic acids is 1. The number of pyridine rings is 3. The third-order valence-corrected chi connectivity index (χ3v) is 18.8. The Labute approximate surface area is 532 Å². The van der Waals surface area contributed by atoms with Gasteiger partial charge in [0.1, 0.15) is 47.7 Å². The summed E-state index contributed by atoms with van der Waals surface area (Å²) < 4.78 is 87.3. The molecule has 0 spiro atoms. The average molecular weight is 1320 g/mol. The first kappa shape index (κ1) is 66.9. The van der Waals surface area contributed by atoms with Gasteiger partial charge in [-0.1, -0.05) is 51.9 Å². The Morgan fingerprint density at radius 2 is 1.67 bits per heavy atom. The fourth-order valence-corrected chi connectivity index (χ4v) is 13.5. The van der Waals surface area contributed by atoms with Crippen LogP contribution in [-0.2, 0) is 68.0 Å². The van der Waals surface area contributed by atoms with Crippen molar-refractivity contribution in [3.05, 3.63) is 131 Å². The Morgan fingerprint density at radius 3 is 2.42 bits per heavy atom. The standard InChI is InChI=1S/C61H60F3N11O14S3/c1-34-6-11-51(46(62)20-34)92(85,86)73-48-23-39(28-70-57(48)87-2)35-8-10-47-44(21-35)42(14-15-66-47)36-7-9-40(69-27-36)31-89-60(84)88-18-19-90-91-32-50(59(82)83)71-53(77)13-12-52(76)67-16-17-68-56(80)43-5-3-4-37-29-74(30-45(37)43)54(78)24-38-22-49(72-55(38)79)58(81)75-33-61(63,64)25-41(75)26-65/h3-11,14-15,20-21,23,27-28,38,41,49-50,73H,12-13,16-19,22,24-25,29-33H2,1-2H3,(H,67,76)(H,68,80)(H,71,77)(H,72,79)(H,82,83)/t38-,41-,49-,50?/m0/s1. The predicted molar refractivity (Wildman–Crippen MR) is 328 cm³/mol. The third-order valence-electron chi connectivity index (χ3n) is 15.1. The molecule has 2 saturated heterocycles. The van der Waals surface area contributed by atoms with Gasteiger partial charge in [0.05, 0.1) is 30.9 Å². The number of carbonyl (C=O) groups excluding carboxylic acids is 7. The summed E-state index contributed by atoms with van der Waals surface area (Å²) in [6, 6.07) is 18.9. The Hall–Kier alpha value is -9.54. The van der Waals surface area contributed by atoms with Crippen LogP contribution in [0, 0.1) is 30.0 Å². The number of halogens is 3. The number of methoxy groups -OCH3 is 1. The van der Waals surface area contributed by atoms with Gasteiger partial charge in [-0.05, 0) is 89.7 Å². The second-order valence-corrected chi connectivity index (χ2v) is 25.8. The number of carboxylic acids is 1. The summed E-state index contributed by atoms with van der Waals surface area (Å²) in [7, 11) is -0.745. The molecule has 6 heterocycles. The highest BCUT2D eigenvalue weighted by Crippen LogP contribution is 2.37. The number of nitriles is 1. The van der Waals surface area contributed by atoms with E-state index in [2.05, 4.69) is 40.9 Å². The molecule has 6 aromatic rings. The van der Waals surface area contributed by atoms with Gasteiger partial charge < -0.3 is 50.4 Å². The third kappa shape index (κ3) is 16.7. The first-order chi connectivity index (χ1) is 44.0. The van der Waals surface area contributed by atoms with Crippen molar-refractivity contribution in [1.82, 2.24) is 46.0 Å². The number of carbonyl (C=O) groups is 8. The summed E-state index contributed by atoms with van der Waals surface area (Å²) in [5.41, 5.74) is 5.78. The second-order valence-electron chi connectivity index (χ2n) is 21.6. The largest absolute Gasteiger partial charge is 0.508 e. The summed E-state index contributed by atoms with van der Waals surface area (Å²) in [5.74, 6) is -9.75. The molecule has 3 aliphatic rings. The van der Waals surface area contributed by atoms with Crippen LogP contribution in [0.5, 0.6) is 5.88 Å². The molecule has 3 aliphatic heterocycles. The Kier molecular flexibility index (Phi) is 21.5. The lowest BCUT2D eigenvalue weighted by Gasteiger charge is -2.22. The number of amides is 6. The van der Waals surface area contributed by atoms with E-state index in [4.69, 9.17) is 14.2 Å². The molecule has 0 saturated carbocycles. The minimum absolute atomic E-state index is 0.00670. The minimum atomic E-state index is -4.37. The van der Waals surface area contributed by atoms with E-state index in [1.54, 1.807) is 73.9 Å². The molecule has 25 nitrogen and oxygen atoms in total. The highest BCUT2D eigenvalue weighted by Gasteiger charge is 2.50. The fourth-order valence-electron chi connectivity index (χ4n) is 10.4. The fraction of sp³-hybridized carbons (Fsp3) is 0.344. The number of benzene rings is 3. The maximum atomic E-state index is 14.7. The van der Waals surface area contributed by atoms with Crippen molar-refractivity contribution in [2.45, 2.75) is 87.7 Å². The molecule has 2 fully saturated rings. The Balaban J connectivity index is 0.642. The topological polar surface area (TPSA) is 348 Å². The number of nitrogens with zero attached hydrogens (tertiary/aromatic N) is 6. The van der Waals surface area contributed by atoms with Gasteiger partial charge in [0.2, 0.25) is 35.4 Å². The van der Waals surface area contributed by atoms with Crippen molar-refractivity contribution in [3.63, 3.8) is 0 Å². The second kappa shape index (κ2) is 29.6. The number of hydrogen-bond donors (Lipinski definition) is 6. The van der Waals surface area contributed by atoms with Crippen LogP contribution in [0.3, 0.4) is 0 Å². The zero-order valence-electron chi connectivity index (χ0n) is 49.2. The zero-order chi connectivity index (χ0) is 65.9. The number of rotatable bonds is 26. The Bertz CT molecular complexity index is 4010. The quantitative estimate of drug-likeness (QED) is 0.0205. The molecule has 482 valence electrons. The maximum Gasteiger partial charge on any atom is 0.508 e. The van der Waals surface area contributed by atoms with Crippen LogP contribution in [0.4, 0.5) is 23.7 Å². The summed E-state index contributed by atoms with van der Waals surface area (Å²) in [5, 5.41) is 29.9. The smallest absolute Gasteiger partial charge is 0.480 e. The lowest BCUT2D eigenvalue weighted by molar-refractivity contribution is -0.141. The monoisotopic (exact) mass is 1320 g/mol. The molecule has 3 aromatic heterocycles. The van der Waals surface area contributed by atoms with Crippen LogP contribution >= 0.6 is 21.6 Å². The first-order valence-corrected chi connectivity index (χ1v) is 32.5. The van der Waals surface area contributed by atoms with Crippen LogP contribution < -0.4 is 30.7 Å². The van der Waals surface area contributed by atoms with Crippen molar-refractivity contribution in [2.24, 2.45) is 5.92 Å². The number of nitrogens with one attached hydrogen (secondary N) is 5. The van der Waals surface area contributed by atoms with Gasteiger partial charge in [0, 0.05) is 110 Å². The summed E-state index contributed by atoms with van der Waals surface area (Å²) in [4.78, 5) is 117. The van der Waals surface area contributed by atoms with E-state index < -0.39 is 111 Å². The lowest BCUT2D eigenvalue weighted by atomic mass is 9.98. The molecular formula is C61H60F3N11O14S3. The van der Waals surface area contributed by atoms with Gasteiger partial charge in [0.15, 0.2) is 0 Å². The van der Waals surface area contributed by atoms with E-state index in [9.17, 15) is 70.3 Å². The Morgan fingerprint density at radius 1 is 0.902 bits per heavy atom. The van der Waals surface area contributed by atoms with E-state index in [-0.39, 0.29) is 93.7 Å². The van der Waals surface area contributed by atoms with Crippen LogP contribution in [0.1, 0.15) is 64.8 Å². The number of likely N-dealkylation sites (tertiary alicyclic amines) is 1. The number of alkyl halides is 2. The van der Waals surface area contributed by atoms with Crippen molar-refractivity contribution < 1.29 is 79.3 Å². The number of hydrogen-bond acceptors (Lipinski definition) is 19. The number of carboxylic acid groups (broad SMARTS) is 1. The molecule has 0 radical (unpaired) electrons. The molecule has 3 aromatic carbocycles. The lowest BCUT2D eigenvalue weighted by Crippen LogP contribution is -2.46. The first-order valence-electron chi connectivity index (χ1n) is 28.5. The minimum Gasteiger partial charge on any atom is -0.480 e. The van der Waals surface area contributed by atoms with Crippen LogP contribution in [0.2, 0.25) is 0 Å². The highest BCUT2D eigenvalue weighted by atomic mass is 33.1. The maximum absolute atomic E-state index is 14.7. The van der Waals surface area contributed by atoms with E-state index in [0.29, 0.717) is 44.6 Å². The van der Waals surface area contributed by atoms with E-state index in [1.807, 2.05) is 6.07 Å². The molecule has 9 rings (SSSR count). The van der Waals surface area contributed by atoms with Gasteiger partial charge >= 0.3 is 12.1 Å². The van der Waals surface area contributed by atoms with Crippen LogP contribution in [0.15, 0.2) is 102 Å². The number of fused-ring (bicyclic) bond motifs is 2. The van der Waals surface area contributed by atoms with Crippen molar-refractivity contribution in [2.75, 3.05) is 49.6 Å². The molecule has 0 bridgehead atoms. The van der Waals surface area contributed by atoms with Gasteiger partial charge in [-0.25, -0.2) is 36.2 Å². The molecule has 0 aliphatic carbocycles. The summed E-state index contributed by atoms with van der Waals surface area (Å²) >= 11 is 0. The molecule has 92 heavy (non-hydrogen) atoms. The predicted octanol–water partition coefficient (Wildman–Crippen LogP) is 6.04. The molecule has 1 unspecified atom stereocenters. The molecule has 6 amide bonds. The number of aromatic nitrogens is 3. The summed E-state index contributed by atoms with van der Waals surface area (Å²) in [6.07, 6.45) is 1.98. The molecule has 6 N–H and O–H groups in total. The molecule has 31 heteroatoms. The van der Waals surface area contributed by atoms with Crippen molar-refractivity contribution in [3.8, 4) is 34.2 Å². The van der Waals surface area contributed by atoms with Crippen LogP contribution in [0.25, 0.3) is 33.2 Å². The van der Waals surface area contributed by atoms with Crippen LogP contribution in [-0.4, -0.2) is 155 Å². The number of sulfonamides is 1. The SMILES string of the molecule is COc1ncc(-c2ccc3nccc(-c4ccc(COC(=O)OCCSSCC(NC(=O)CCC(=O)NCCNC(=O)c5cccc6c5CN(C(=O)C[C@@H]5C[C@@H](C(=O)N7CC(F)(F)C[C@H]7C#N)NC5=O)C6)C(=O)O)nc4)c3c2)cc1NS(=O)(=O)c1ccc(C)cc1F. The average Bonchev–Trinajstić information content (AvgIpc) is 1.15. The zero-order valence-corrected chi connectivity index (χ0v) is 51.7.